The summed E-state index contributed by atoms with van der Waals surface area (Å²) in [7, 11) is 3.17. The van der Waals surface area contributed by atoms with Crippen molar-refractivity contribution in [3.8, 4) is 5.75 Å². The largest absolute Gasteiger partial charge is 0.492 e. The van der Waals surface area contributed by atoms with Crippen LogP contribution in [0.1, 0.15) is 27.6 Å². The van der Waals surface area contributed by atoms with Crippen LogP contribution in [0.25, 0.3) is 10.2 Å². The zero-order chi connectivity index (χ0) is 18.7. The Morgan fingerprint density at radius 1 is 1.12 bits per heavy atom. The number of carbonyl (C=O) groups excluding carboxylic acids is 2. The molecule has 2 aromatic carbocycles. The highest BCUT2D eigenvalue weighted by Gasteiger charge is 2.12. The number of para-hydroxylation sites is 1. The van der Waals surface area contributed by atoms with Crippen LogP contribution in [-0.4, -0.2) is 30.2 Å². The molecule has 0 aliphatic rings. The zero-order valence-corrected chi connectivity index (χ0v) is 15.5. The van der Waals surface area contributed by atoms with Gasteiger partial charge in [-0.25, -0.2) is 4.79 Å². The topological polar surface area (TPSA) is 69.9 Å². The molecule has 0 saturated heterocycles. The maximum Gasteiger partial charge on any atom is 0.337 e. The average Bonchev–Trinajstić information content (AvgIpc) is 2.98. The molecule has 134 valence electrons. The number of rotatable bonds is 4. The zero-order valence-electron chi connectivity index (χ0n) is 14.7. The van der Waals surface area contributed by atoms with E-state index in [1.54, 1.807) is 24.3 Å². The number of thiazole rings is 1. The first-order valence-corrected chi connectivity index (χ1v) is 8.85. The van der Waals surface area contributed by atoms with Crippen LogP contribution in [0.5, 0.6) is 5.75 Å². The van der Waals surface area contributed by atoms with Gasteiger partial charge in [-0.05, 0) is 43.3 Å². The van der Waals surface area contributed by atoms with Gasteiger partial charge in [0.25, 0.3) is 5.91 Å². The van der Waals surface area contributed by atoms with Crippen molar-refractivity contribution in [2.45, 2.75) is 6.92 Å². The second kappa shape index (κ2) is 7.53. The summed E-state index contributed by atoms with van der Waals surface area (Å²) in [6.45, 7) is 2.49. The van der Waals surface area contributed by atoms with Crippen molar-refractivity contribution in [1.29, 1.82) is 0 Å². The lowest BCUT2D eigenvalue weighted by atomic mass is 10.1. The van der Waals surface area contributed by atoms with Gasteiger partial charge in [-0.15, -0.1) is 0 Å². The second-order valence-corrected chi connectivity index (χ2v) is 6.47. The molecule has 0 bridgehead atoms. The first-order chi connectivity index (χ1) is 12.5. The lowest BCUT2D eigenvalue weighted by Crippen LogP contribution is -2.14. The molecular formula is C19H18N2O4S. The van der Waals surface area contributed by atoms with Gasteiger partial charge in [-0.2, -0.15) is 4.99 Å². The Labute approximate surface area is 154 Å². The number of methoxy groups -OCH3 is 1. The summed E-state index contributed by atoms with van der Waals surface area (Å²) in [6.07, 6.45) is 0. The van der Waals surface area contributed by atoms with Crippen LogP contribution in [0, 0.1) is 0 Å². The smallest absolute Gasteiger partial charge is 0.337 e. The molecule has 1 amide bonds. The quantitative estimate of drug-likeness (QED) is 0.662. The molecule has 0 atom stereocenters. The van der Waals surface area contributed by atoms with Crippen molar-refractivity contribution in [3.05, 3.63) is 58.4 Å². The number of esters is 1. The standard InChI is InChI=1S/C19H18N2O4S/c1-4-25-14-6-5-7-15-16(14)21(2)19(26-15)20-17(22)12-8-10-13(11-9-12)18(23)24-3/h5-11H,4H2,1-3H3. The van der Waals surface area contributed by atoms with Crippen molar-refractivity contribution in [2.75, 3.05) is 13.7 Å². The molecular weight excluding hydrogens is 352 g/mol. The molecule has 0 N–H and O–H groups in total. The van der Waals surface area contributed by atoms with Crippen molar-refractivity contribution in [3.63, 3.8) is 0 Å². The van der Waals surface area contributed by atoms with Crippen LogP contribution < -0.4 is 9.54 Å². The van der Waals surface area contributed by atoms with Gasteiger partial charge in [0, 0.05) is 12.6 Å². The Balaban J connectivity index is 1.99. The van der Waals surface area contributed by atoms with Crippen molar-refractivity contribution >= 4 is 33.4 Å². The Hall–Kier alpha value is -2.93. The first-order valence-electron chi connectivity index (χ1n) is 8.04. The minimum absolute atomic E-state index is 0.374. The molecule has 0 radical (unpaired) electrons. The van der Waals surface area contributed by atoms with E-state index in [2.05, 4.69) is 9.73 Å². The highest BCUT2D eigenvalue weighted by Crippen LogP contribution is 2.26. The fraction of sp³-hybridized carbons (Fsp3) is 0.211. The van der Waals surface area contributed by atoms with Crippen LogP contribution in [0.4, 0.5) is 0 Å². The summed E-state index contributed by atoms with van der Waals surface area (Å²) >= 11 is 1.42. The Bertz CT molecular complexity index is 1030. The van der Waals surface area contributed by atoms with Gasteiger partial charge in [0.15, 0.2) is 4.80 Å². The molecule has 3 aromatic rings. The molecule has 0 aliphatic carbocycles. The van der Waals surface area contributed by atoms with E-state index in [4.69, 9.17) is 4.74 Å². The number of fused-ring (bicyclic) bond motifs is 1. The minimum Gasteiger partial charge on any atom is -0.492 e. The molecule has 0 spiro atoms. The monoisotopic (exact) mass is 370 g/mol. The van der Waals surface area contributed by atoms with E-state index in [9.17, 15) is 9.59 Å². The van der Waals surface area contributed by atoms with E-state index in [0.29, 0.717) is 22.5 Å². The molecule has 0 fully saturated rings. The number of aryl methyl sites for hydroxylation is 1. The number of hydrogen-bond acceptors (Lipinski definition) is 5. The summed E-state index contributed by atoms with van der Waals surface area (Å²) in [5.41, 5.74) is 1.70. The van der Waals surface area contributed by atoms with Gasteiger partial charge < -0.3 is 14.0 Å². The number of hydrogen-bond donors (Lipinski definition) is 0. The molecule has 7 heteroatoms. The number of ether oxygens (including phenoxy) is 2. The van der Waals surface area contributed by atoms with Gasteiger partial charge >= 0.3 is 5.97 Å². The van der Waals surface area contributed by atoms with Crippen LogP contribution in [0.15, 0.2) is 47.5 Å². The van der Waals surface area contributed by atoms with Gasteiger partial charge in [0.1, 0.15) is 11.3 Å². The summed E-state index contributed by atoms with van der Waals surface area (Å²) in [4.78, 5) is 28.8. The van der Waals surface area contributed by atoms with E-state index in [0.717, 1.165) is 16.0 Å². The molecule has 1 heterocycles. The van der Waals surface area contributed by atoms with E-state index >= 15 is 0 Å². The predicted octanol–water partition coefficient (Wildman–Crippen LogP) is 3.17. The summed E-state index contributed by atoms with van der Waals surface area (Å²) in [5.74, 6) is -0.0538. The first kappa shape index (κ1) is 17.9. The van der Waals surface area contributed by atoms with Gasteiger partial charge in [-0.1, -0.05) is 17.4 Å². The van der Waals surface area contributed by atoms with Gasteiger partial charge in [0.2, 0.25) is 0 Å². The van der Waals surface area contributed by atoms with Crippen molar-refractivity contribution in [1.82, 2.24) is 4.57 Å². The average molecular weight is 370 g/mol. The Morgan fingerprint density at radius 3 is 2.46 bits per heavy atom. The molecule has 3 rings (SSSR count). The molecule has 1 aromatic heterocycles. The number of carbonyl (C=O) groups is 2. The second-order valence-electron chi connectivity index (χ2n) is 5.47. The third-order valence-electron chi connectivity index (χ3n) is 3.84. The van der Waals surface area contributed by atoms with Gasteiger partial charge in [0.05, 0.1) is 24.0 Å². The fourth-order valence-corrected chi connectivity index (χ4v) is 3.60. The lowest BCUT2D eigenvalue weighted by molar-refractivity contribution is 0.0600. The molecule has 6 nitrogen and oxygen atoms in total. The Kier molecular flexibility index (Phi) is 5.18. The normalized spacial score (nSPS) is 11.6. The lowest BCUT2D eigenvalue weighted by Gasteiger charge is -2.05. The SMILES string of the molecule is CCOc1cccc2sc(=NC(=O)c3ccc(C(=O)OC)cc3)n(C)c12. The highest BCUT2D eigenvalue weighted by molar-refractivity contribution is 7.16. The van der Waals surface area contributed by atoms with E-state index in [1.165, 1.54) is 18.4 Å². The fourth-order valence-electron chi connectivity index (χ4n) is 2.57. The molecule has 0 saturated carbocycles. The summed E-state index contributed by atoms with van der Waals surface area (Å²) in [5, 5.41) is 0. The number of nitrogens with zero attached hydrogens (tertiary/aromatic N) is 2. The van der Waals surface area contributed by atoms with Crippen LogP contribution in [0.2, 0.25) is 0 Å². The predicted molar refractivity (Wildman–Crippen MR) is 99.6 cm³/mol. The minimum atomic E-state index is -0.444. The van der Waals surface area contributed by atoms with Crippen molar-refractivity contribution in [2.24, 2.45) is 12.0 Å². The van der Waals surface area contributed by atoms with Crippen LogP contribution in [-0.2, 0) is 11.8 Å². The maximum atomic E-state index is 12.5. The summed E-state index contributed by atoms with van der Waals surface area (Å²) < 4.78 is 13.2. The van der Waals surface area contributed by atoms with E-state index in [-0.39, 0.29) is 5.91 Å². The maximum absolute atomic E-state index is 12.5. The van der Waals surface area contributed by atoms with Crippen LogP contribution >= 0.6 is 11.3 Å². The molecule has 0 aliphatic heterocycles. The van der Waals surface area contributed by atoms with Gasteiger partial charge in [-0.3, -0.25) is 4.79 Å². The number of aromatic nitrogens is 1. The third-order valence-corrected chi connectivity index (χ3v) is 4.93. The molecule has 26 heavy (non-hydrogen) atoms. The third kappa shape index (κ3) is 3.39. The summed E-state index contributed by atoms with van der Waals surface area (Å²) in [6, 6.07) is 12.0. The van der Waals surface area contributed by atoms with Crippen LogP contribution in [0.3, 0.4) is 0 Å². The number of amides is 1. The van der Waals surface area contributed by atoms with Crippen molar-refractivity contribution < 1.29 is 19.1 Å². The van der Waals surface area contributed by atoms with E-state index in [1.807, 2.05) is 36.7 Å². The highest BCUT2D eigenvalue weighted by atomic mass is 32.1. The van der Waals surface area contributed by atoms with E-state index < -0.39 is 5.97 Å². The Morgan fingerprint density at radius 2 is 1.81 bits per heavy atom. The molecule has 0 unspecified atom stereocenters. The number of benzene rings is 2.